The molecule has 0 saturated heterocycles. The molecular formula is C17H12O6. The lowest BCUT2D eigenvalue weighted by atomic mass is 10.0. The second kappa shape index (κ2) is 5.24. The first-order valence-corrected chi connectivity index (χ1v) is 6.75. The fourth-order valence-corrected chi connectivity index (χ4v) is 2.44. The zero-order valence-corrected chi connectivity index (χ0v) is 12.4. The number of fused-ring (bicyclic) bond motifs is 2. The van der Waals surface area contributed by atoms with Gasteiger partial charge >= 0.3 is 5.97 Å². The van der Waals surface area contributed by atoms with Gasteiger partial charge in [-0.1, -0.05) is 0 Å². The molecule has 3 aromatic rings. The smallest absolute Gasteiger partial charge is 0.335 e. The van der Waals surface area contributed by atoms with Crippen LogP contribution in [-0.2, 0) is 0 Å². The summed E-state index contributed by atoms with van der Waals surface area (Å²) in [6.45, 7) is 1.37. The first-order chi connectivity index (χ1) is 10.9. The summed E-state index contributed by atoms with van der Waals surface area (Å²) in [5.74, 6) is -1.05. The fraction of sp³-hybridized carbons (Fsp3) is 0.118. The fourth-order valence-electron chi connectivity index (χ4n) is 2.44. The molecule has 1 aromatic heterocycles. The molecule has 0 fully saturated rings. The zero-order chi connectivity index (χ0) is 16.7. The van der Waals surface area contributed by atoms with Gasteiger partial charge in [0, 0.05) is 0 Å². The summed E-state index contributed by atoms with van der Waals surface area (Å²) < 4.78 is 10.8. The standard InChI is InChI=1S/C17H12O6/c1-8(18)11-6-10(22-2)7-13-15(19)12-5-9(17(20)21)3-4-14(12)23-16(11)13/h3-7H,1-2H3,(H,20,21). The Morgan fingerprint density at radius 1 is 1.13 bits per heavy atom. The molecule has 0 unspecified atom stereocenters. The predicted octanol–water partition coefficient (Wildman–Crippen LogP) is 2.86. The van der Waals surface area contributed by atoms with Gasteiger partial charge in [0.1, 0.15) is 16.9 Å². The summed E-state index contributed by atoms with van der Waals surface area (Å²) >= 11 is 0. The molecule has 0 bridgehead atoms. The van der Waals surface area contributed by atoms with Crippen molar-refractivity contribution in [2.45, 2.75) is 6.92 Å². The van der Waals surface area contributed by atoms with E-state index in [2.05, 4.69) is 0 Å². The molecule has 6 nitrogen and oxygen atoms in total. The lowest BCUT2D eigenvalue weighted by molar-refractivity contribution is 0.0697. The van der Waals surface area contributed by atoms with Crippen LogP contribution >= 0.6 is 0 Å². The van der Waals surface area contributed by atoms with Crippen molar-refractivity contribution in [2.75, 3.05) is 7.11 Å². The van der Waals surface area contributed by atoms with E-state index in [0.717, 1.165) is 0 Å². The van der Waals surface area contributed by atoms with Crippen LogP contribution in [0.2, 0.25) is 0 Å². The summed E-state index contributed by atoms with van der Waals surface area (Å²) in [6, 6.07) is 6.99. The first kappa shape index (κ1) is 14.8. The number of ketones is 1. The topological polar surface area (TPSA) is 93.8 Å². The van der Waals surface area contributed by atoms with Crippen LogP contribution in [0, 0.1) is 0 Å². The molecule has 1 heterocycles. The normalized spacial score (nSPS) is 10.9. The molecule has 0 aliphatic rings. The minimum absolute atomic E-state index is 0.0150. The van der Waals surface area contributed by atoms with Gasteiger partial charge in [-0.3, -0.25) is 9.59 Å². The molecule has 0 saturated carbocycles. The molecule has 23 heavy (non-hydrogen) atoms. The van der Waals surface area contributed by atoms with Gasteiger partial charge in [-0.05, 0) is 37.3 Å². The lowest BCUT2D eigenvalue weighted by Crippen LogP contribution is -2.07. The maximum Gasteiger partial charge on any atom is 0.335 e. The van der Waals surface area contributed by atoms with Crippen molar-refractivity contribution in [1.82, 2.24) is 0 Å². The van der Waals surface area contributed by atoms with Gasteiger partial charge in [0.25, 0.3) is 0 Å². The molecule has 0 aliphatic heterocycles. The number of carbonyl (C=O) groups is 2. The third kappa shape index (κ3) is 2.34. The van der Waals surface area contributed by atoms with Gasteiger partial charge in [-0.15, -0.1) is 0 Å². The highest BCUT2D eigenvalue weighted by molar-refractivity contribution is 6.07. The SMILES string of the molecule is COc1cc(C(C)=O)c2oc3ccc(C(=O)O)cc3c(=O)c2c1. The van der Waals surface area contributed by atoms with Crippen LogP contribution < -0.4 is 10.2 Å². The number of Topliss-reactive ketones (excluding diaryl/α,β-unsaturated/α-hetero) is 1. The van der Waals surface area contributed by atoms with Crippen molar-refractivity contribution in [3.05, 3.63) is 51.7 Å². The number of carboxylic acids is 1. The minimum Gasteiger partial charge on any atom is -0.497 e. The van der Waals surface area contributed by atoms with E-state index in [1.807, 2.05) is 0 Å². The van der Waals surface area contributed by atoms with Crippen LogP contribution in [-0.4, -0.2) is 24.0 Å². The van der Waals surface area contributed by atoms with Crippen molar-refractivity contribution < 1.29 is 23.8 Å². The molecule has 0 radical (unpaired) electrons. The van der Waals surface area contributed by atoms with Gasteiger partial charge in [0.2, 0.25) is 5.43 Å². The first-order valence-electron chi connectivity index (χ1n) is 6.75. The number of methoxy groups -OCH3 is 1. The lowest BCUT2D eigenvalue weighted by Gasteiger charge is -2.08. The zero-order valence-electron chi connectivity index (χ0n) is 12.4. The van der Waals surface area contributed by atoms with E-state index in [4.69, 9.17) is 14.3 Å². The molecule has 116 valence electrons. The van der Waals surface area contributed by atoms with E-state index < -0.39 is 11.4 Å². The maximum absolute atomic E-state index is 12.7. The molecule has 6 heteroatoms. The molecule has 0 amide bonds. The Morgan fingerprint density at radius 2 is 1.87 bits per heavy atom. The number of hydrogen-bond acceptors (Lipinski definition) is 5. The van der Waals surface area contributed by atoms with Crippen molar-refractivity contribution in [1.29, 1.82) is 0 Å². The van der Waals surface area contributed by atoms with Crippen LogP contribution in [0.5, 0.6) is 5.75 Å². The minimum atomic E-state index is -1.14. The maximum atomic E-state index is 12.7. The van der Waals surface area contributed by atoms with Gasteiger partial charge < -0.3 is 14.3 Å². The molecule has 0 spiro atoms. The summed E-state index contributed by atoms with van der Waals surface area (Å²) in [4.78, 5) is 35.6. The summed E-state index contributed by atoms with van der Waals surface area (Å²) in [5, 5.41) is 9.36. The highest BCUT2D eigenvalue weighted by atomic mass is 16.5. The van der Waals surface area contributed by atoms with Crippen LogP contribution in [0.3, 0.4) is 0 Å². The van der Waals surface area contributed by atoms with Crippen molar-refractivity contribution in [3.8, 4) is 5.75 Å². The van der Waals surface area contributed by atoms with Gasteiger partial charge in [-0.2, -0.15) is 0 Å². The molecule has 1 N–H and O–H groups in total. The number of rotatable bonds is 3. The summed E-state index contributed by atoms with van der Waals surface area (Å²) in [5.41, 5.74) is 0.198. The van der Waals surface area contributed by atoms with Gasteiger partial charge in [0.15, 0.2) is 5.78 Å². The average Bonchev–Trinajstić information content (AvgIpc) is 2.53. The van der Waals surface area contributed by atoms with Crippen molar-refractivity contribution >= 4 is 33.7 Å². The third-order valence-electron chi connectivity index (χ3n) is 3.61. The number of carboxylic acid groups (broad SMARTS) is 1. The summed E-state index contributed by atoms with van der Waals surface area (Å²) in [7, 11) is 1.43. The Morgan fingerprint density at radius 3 is 2.48 bits per heavy atom. The Kier molecular flexibility index (Phi) is 3.37. The quantitative estimate of drug-likeness (QED) is 0.590. The average molecular weight is 312 g/mol. The van der Waals surface area contributed by atoms with E-state index in [9.17, 15) is 14.4 Å². The van der Waals surface area contributed by atoms with Crippen molar-refractivity contribution in [2.24, 2.45) is 0 Å². The highest BCUT2D eigenvalue weighted by Crippen LogP contribution is 2.27. The molecule has 0 aliphatic carbocycles. The molecular weight excluding hydrogens is 300 g/mol. The Bertz CT molecular complexity index is 1030. The molecule has 0 atom stereocenters. The number of aromatic carboxylic acids is 1. The number of carbonyl (C=O) groups excluding carboxylic acids is 1. The van der Waals surface area contributed by atoms with Gasteiger partial charge in [0.05, 0.1) is 29.0 Å². The highest BCUT2D eigenvalue weighted by Gasteiger charge is 2.17. The van der Waals surface area contributed by atoms with Crippen LogP contribution in [0.4, 0.5) is 0 Å². The van der Waals surface area contributed by atoms with Crippen LogP contribution in [0.15, 0.2) is 39.5 Å². The van der Waals surface area contributed by atoms with E-state index in [1.165, 1.54) is 44.4 Å². The third-order valence-corrected chi connectivity index (χ3v) is 3.61. The van der Waals surface area contributed by atoms with Crippen molar-refractivity contribution in [3.63, 3.8) is 0 Å². The molecule has 2 aromatic carbocycles. The number of hydrogen-bond donors (Lipinski definition) is 1. The van der Waals surface area contributed by atoms with E-state index in [-0.39, 0.29) is 38.8 Å². The monoisotopic (exact) mass is 312 g/mol. The summed E-state index contributed by atoms with van der Waals surface area (Å²) in [6.07, 6.45) is 0. The number of ether oxygens (including phenoxy) is 1. The van der Waals surface area contributed by atoms with Crippen LogP contribution in [0.1, 0.15) is 27.6 Å². The second-order valence-electron chi connectivity index (χ2n) is 5.06. The number of benzene rings is 2. The molecule has 3 rings (SSSR count). The van der Waals surface area contributed by atoms with Gasteiger partial charge in [-0.25, -0.2) is 4.79 Å². The Hall–Kier alpha value is -3.15. The van der Waals surface area contributed by atoms with E-state index in [0.29, 0.717) is 5.75 Å². The Labute approximate surface area is 129 Å². The van der Waals surface area contributed by atoms with E-state index >= 15 is 0 Å². The Balaban J connectivity index is 2.50. The van der Waals surface area contributed by atoms with E-state index in [1.54, 1.807) is 0 Å². The second-order valence-corrected chi connectivity index (χ2v) is 5.06. The van der Waals surface area contributed by atoms with Crippen LogP contribution in [0.25, 0.3) is 21.9 Å². The largest absolute Gasteiger partial charge is 0.497 e. The predicted molar refractivity (Wildman–Crippen MR) is 83.5 cm³/mol.